The second-order valence-corrected chi connectivity index (χ2v) is 12.9. The highest BCUT2D eigenvalue weighted by atomic mass is 16.5. The Bertz CT molecular complexity index is 1120. The van der Waals surface area contributed by atoms with Crippen molar-refractivity contribution in [2.24, 2.45) is 0 Å². The molecule has 234 valence electrons. The van der Waals surface area contributed by atoms with Crippen molar-refractivity contribution in [2.45, 2.75) is 101 Å². The van der Waals surface area contributed by atoms with Crippen LogP contribution in [0.2, 0.25) is 0 Å². The number of amides is 3. The second kappa shape index (κ2) is 12.9. The van der Waals surface area contributed by atoms with Crippen LogP contribution in [0.15, 0.2) is 6.20 Å². The van der Waals surface area contributed by atoms with E-state index in [1.165, 1.54) is 4.90 Å². The van der Waals surface area contributed by atoms with Gasteiger partial charge in [0.1, 0.15) is 24.4 Å². The van der Waals surface area contributed by atoms with E-state index in [1.807, 2.05) is 6.20 Å². The fourth-order valence-corrected chi connectivity index (χ4v) is 6.17. The van der Waals surface area contributed by atoms with E-state index in [2.05, 4.69) is 41.7 Å². The van der Waals surface area contributed by atoms with E-state index in [1.54, 1.807) is 9.58 Å². The Balaban J connectivity index is 1.35. The molecule has 4 saturated heterocycles. The van der Waals surface area contributed by atoms with Crippen molar-refractivity contribution in [3.05, 3.63) is 11.9 Å². The minimum absolute atomic E-state index is 0.0544. The molecule has 0 radical (unpaired) electrons. The lowest BCUT2D eigenvalue weighted by Gasteiger charge is -2.39. The zero-order valence-electron chi connectivity index (χ0n) is 24.8. The molecule has 5 rings (SSSR count). The Morgan fingerprint density at radius 1 is 1.07 bits per heavy atom. The number of piperidine rings is 1. The lowest BCUT2D eigenvalue weighted by molar-refractivity contribution is -0.147. The molecule has 4 N–H and O–H groups in total. The summed E-state index contributed by atoms with van der Waals surface area (Å²) < 4.78 is 13.0. The summed E-state index contributed by atoms with van der Waals surface area (Å²) in [6.45, 7) is 8.36. The number of nitrogens with zero attached hydrogens (tertiary/aromatic N) is 5. The molecule has 1 aromatic rings. The van der Waals surface area contributed by atoms with E-state index in [0.717, 1.165) is 18.5 Å². The van der Waals surface area contributed by atoms with Crippen molar-refractivity contribution in [1.82, 2.24) is 35.4 Å². The Morgan fingerprint density at radius 3 is 2.52 bits per heavy atom. The first-order valence-corrected chi connectivity index (χ1v) is 15.1. The van der Waals surface area contributed by atoms with Gasteiger partial charge in [0.15, 0.2) is 0 Å². The number of carbonyl (C=O) groups is 3. The average molecular weight is 592 g/mol. The number of hydrogen-bond donors (Lipinski definition) is 4. The van der Waals surface area contributed by atoms with Gasteiger partial charge in [-0.05, 0) is 25.7 Å². The predicted octanol–water partition coefficient (Wildman–Crippen LogP) is -1.29. The number of carbonyl (C=O) groups excluding carboxylic acids is 3. The Hall–Kier alpha value is -2.65. The SMILES string of the molecule is CC(C)(C)c1cn([C@@H]2CCN3C(=O)CN(CCNC4CCOCC4)C(=O)C[C@@H]4O[C@H](CNC(=O)[C@@H]3C2)C(O)C4O)nn1. The average Bonchev–Trinajstić information content (AvgIpc) is 3.57. The first-order chi connectivity index (χ1) is 20.0. The number of fused-ring (bicyclic) bond motifs is 3. The number of rotatable bonds is 5. The van der Waals surface area contributed by atoms with Gasteiger partial charge in [0, 0.05) is 57.0 Å². The zero-order valence-corrected chi connectivity index (χ0v) is 24.8. The molecule has 6 atom stereocenters. The highest BCUT2D eigenvalue weighted by molar-refractivity contribution is 5.90. The summed E-state index contributed by atoms with van der Waals surface area (Å²) in [6, 6.07) is -0.681. The first kappa shape index (κ1) is 30.8. The number of ether oxygens (including phenoxy) is 2. The molecule has 4 fully saturated rings. The van der Waals surface area contributed by atoms with Crippen molar-refractivity contribution in [3.63, 3.8) is 0 Å². The second-order valence-electron chi connectivity index (χ2n) is 12.9. The summed E-state index contributed by atoms with van der Waals surface area (Å²) in [6.07, 6.45) is 0.0350. The predicted molar refractivity (Wildman–Crippen MR) is 149 cm³/mol. The maximum Gasteiger partial charge on any atom is 0.242 e. The molecule has 0 aliphatic carbocycles. The molecule has 3 amide bonds. The van der Waals surface area contributed by atoms with E-state index >= 15 is 0 Å². The fourth-order valence-electron chi connectivity index (χ4n) is 6.17. The maximum atomic E-state index is 13.7. The van der Waals surface area contributed by atoms with Gasteiger partial charge < -0.3 is 40.1 Å². The van der Waals surface area contributed by atoms with Gasteiger partial charge in [0.05, 0.1) is 30.8 Å². The van der Waals surface area contributed by atoms with E-state index in [-0.39, 0.29) is 61.3 Å². The molecule has 5 heterocycles. The molecule has 0 aromatic carbocycles. The number of nitrogens with one attached hydrogen (secondary N) is 2. The van der Waals surface area contributed by atoms with Crippen molar-refractivity contribution < 1.29 is 34.1 Å². The van der Waals surface area contributed by atoms with Crippen LogP contribution in [0, 0.1) is 0 Å². The zero-order chi connectivity index (χ0) is 30.0. The topological polar surface area (TPSA) is 171 Å². The van der Waals surface area contributed by atoms with Gasteiger partial charge in [-0.25, -0.2) is 4.68 Å². The highest BCUT2D eigenvalue weighted by Gasteiger charge is 2.45. The van der Waals surface area contributed by atoms with Gasteiger partial charge in [-0.3, -0.25) is 14.4 Å². The number of aliphatic hydroxyl groups is 2. The molecule has 2 bridgehead atoms. The number of aliphatic hydroxyl groups excluding tert-OH is 2. The van der Waals surface area contributed by atoms with Crippen molar-refractivity contribution in [1.29, 1.82) is 0 Å². The summed E-state index contributed by atoms with van der Waals surface area (Å²) in [5, 5.41) is 36.1. The molecule has 42 heavy (non-hydrogen) atoms. The van der Waals surface area contributed by atoms with Crippen LogP contribution in [0.3, 0.4) is 0 Å². The molecular formula is C28H45N7O7. The molecule has 1 aromatic heterocycles. The molecular weight excluding hydrogens is 546 g/mol. The molecule has 14 heteroatoms. The third-order valence-corrected chi connectivity index (χ3v) is 8.88. The van der Waals surface area contributed by atoms with Gasteiger partial charge in [0.25, 0.3) is 0 Å². The fraction of sp³-hybridized carbons (Fsp3) is 0.821. The van der Waals surface area contributed by atoms with Crippen molar-refractivity contribution in [3.8, 4) is 0 Å². The Labute approximate surface area is 246 Å². The Kier molecular flexibility index (Phi) is 9.47. The van der Waals surface area contributed by atoms with E-state index in [4.69, 9.17) is 9.47 Å². The Morgan fingerprint density at radius 2 is 1.81 bits per heavy atom. The summed E-state index contributed by atoms with van der Waals surface area (Å²) in [7, 11) is 0. The van der Waals surface area contributed by atoms with Crippen LogP contribution >= 0.6 is 0 Å². The quantitative estimate of drug-likeness (QED) is 0.323. The van der Waals surface area contributed by atoms with Crippen LogP contribution in [0.1, 0.15) is 64.6 Å². The monoisotopic (exact) mass is 591 g/mol. The minimum Gasteiger partial charge on any atom is -0.388 e. The summed E-state index contributed by atoms with van der Waals surface area (Å²) in [5.74, 6) is -1.04. The normalized spacial score (nSPS) is 32.2. The van der Waals surface area contributed by atoms with Gasteiger partial charge in [-0.1, -0.05) is 26.0 Å². The van der Waals surface area contributed by atoms with Crippen LogP contribution in [0.25, 0.3) is 0 Å². The smallest absolute Gasteiger partial charge is 0.242 e. The lowest BCUT2D eigenvalue weighted by atomic mass is 9.92. The molecule has 2 unspecified atom stereocenters. The summed E-state index contributed by atoms with van der Waals surface area (Å²) in [4.78, 5) is 43.8. The molecule has 14 nitrogen and oxygen atoms in total. The molecule has 0 spiro atoms. The largest absolute Gasteiger partial charge is 0.388 e. The van der Waals surface area contributed by atoms with Crippen LogP contribution in [0.5, 0.6) is 0 Å². The van der Waals surface area contributed by atoms with Gasteiger partial charge in [-0.2, -0.15) is 0 Å². The third kappa shape index (κ3) is 6.94. The van der Waals surface area contributed by atoms with Gasteiger partial charge >= 0.3 is 0 Å². The number of hydrogen-bond acceptors (Lipinski definition) is 10. The molecule has 4 aliphatic heterocycles. The summed E-state index contributed by atoms with van der Waals surface area (Å²) in [5.41, 5.74) is 0.655. The molecule has 4 aliphatic rings. The van der Waals surface area contributed by atoms with E-state index < -0.39 is 30.5 Å². The van der Waals surface area contributed by atoms with E-state index in [0.29, 0.717) is 39.1 Å². The summed E-state index contributed by atoms with van der Waals surface area (Å²) >= 11 is 0. The van der Waals surface area contributed by atoms with Gasteiger partial charge in [0.2, 0.25) is 17.7 Å². The molecule has 0 saturated carbocycles. The van der Waals surface area contributed by atoms with Crippen molar-refractivity contribution in [2.75, 3.05) is 45.9 Å². The maximum absolute atomic E-state index is 13.7. The van der Waals surface area contributed by atoms with Crippen molar-refractivity contribution >= 4 is 17.7 Å². The third-order valence-electron chi connectivity index (χ3n) is 8.88. The van der Waals surface area contributed by atoms with Gasteiger partial charge in [-0.15, -0.1) is 5.10 Å². The number of aromatic nitrogens is 3. The van der Waals surface area contributed by atoms with Crippen LogP contribution in [-0.4, -0.2) is 135 Å². The van der Waals surface area contributed by atoms with E-state index in [9.17, 15) is 24.6 Å². The minimum atomic E-state index is -1.28. The lowest BCUT2D eigenvalue weighted by Crippen LogP contribution is -2.57. The van der Waals surface area contributed by atoms with Crippen LogP contribution in [0.4, 0.5) is 0 Å². The highest BCUT2D eigenvalue weighted by Crippen LogP contribution is 2.30. The van der Waals surface area contributed by atoms with Crippen LogP contribution in [-0.2, 0) is 29.3 Å². The van der Waals surface area contributed by atoms with Crippen LogP contribution < -0.4 is 10.6 Å². The standard InChI is InChI=1S/C28H45N7O7/c1-28(2,3)22-15-35(32-31-22)18-4-8-34-19(12-18)27(40)30-14-21-26(39)25(38)20(42-21)13-23(36)33(16-24(34)37)9-7-29-17-5-10-41-11-6-17/h15,17-21,25-26,29,38-39H,4-14,16H2,1-3H3,(H,30,40)/t18-,19+,20+,21-,25?,26?/m1/s1. The first-order valence-electron chi connectivity index (χ1n) is 15.1.